The molecule has 1 aliphatic rings. The lowest BCUT2D eigenvalue weighted by molar-refractivity contribution is -0.126. The van der Waals surface area contributed by atoms with Crippen LogP contribution >= 0.6 is 11.6 Å². The predicted molar refractivity (Wildman–Crippen MR) is 78.1 cm³/mol. The molecule has 0 aromatic carbocycles. The van der Waals surface area contributed by atoms with Crippen molar-refractivity contribution in [2.75, 3.05) is 13.7 Å². The molecule has 1 fully saturated rings. The Morgan fingerprint density at radius 1 is 1.55 bits per heavy atom. The van der Waals surface area contributed by atoms with Gasteiger partial charge in [0.15, 0.2) is 17.5 Å². The lowest BCUT2D eigenvalue weighted by atomic mass is 9.74. The summed E-state index contributed by atoms with van der Waals surface area (Å²) >= 11 is 5.95. The lowest BCUT2D eigenvalue weighted by Gasteiger charge is -2.45. The van der Waals surface area contributed by atoms with Crippen LogP contribution in [-0.4, -0.2) is 36.1 Å². The first-order valence-electron chi connectivity index (χ1n) is 6.66. The van der Waals surface area contributed by atoms with E-state index in [4.69, 9.17) is 16.3 Å². The zero-order valence-corrected chi connectivity index (χ0v) is 12.8. The van der Waals surface area contributed by atoms with Crippen molar-refractivity contribution in [1.82, 2.24) is 15.6 Å². The van der Waals surface area contributed by atoms with E-state index < -0.39 is 0 Å². The Kier molecular flexibility index (Phi) is 4.50. The van der Waals surface area contributed by atoms with Crippen molar-refractivity contribution in [3.8, 4) is 5.75 Å². The fourth-order valence-electron chi connectivity index (χ4n) is 2.47. The van der Waals surface area contributed by atoms with Crippen LogP contribution in [0.15, 0.2) is 12.1 Å². The summed E-state index contributed by atoms with van der Waals surface area (Å²) < 4.78 is 5.40. The fourth-order valence-corrected chi connectivity index (χ4v) is 2.72. The maximum Gasteiger partial charge on any atom is 0.258 e. The van der Waals surface area contributed by atoms with Gasteiger partial charge in [0.25, 0.3) is 5.91 Å². The largest absolute Gasteiger partial charge is 0.481 e. The minimum atomic E-state index is -0.140. The molecular formula is C14H20ClN3O2. The highest BCUT2D eigenvalue weighted by molar-refractivity contribution is 6.30. The number of aromatic nitrogens is 1. The number of carbonyl (C=O) groups excluding carboxylic acids is 1. The van der Waals surface area contributed by atoms with Crippen LogP contribution in [0, 0.1) is 6.92 Å². The second-order valence-corrected chi connectivity index (χ2v) is 5.89. The SMILES string of the molecule is CNC1CC(C)(NC(=O)COc2ccc(C)nc2Cl)C1. The number of halogens is 1. The molecule has 20 heavy (non-hydrogen) atoms. The van der Waals surface area contributed by atoms with Crippen LogP contribution in [0.4, 0.5) is 0 Å². The average molecular weight is 298 g/mol. The standard InChI is InChI=1S/C14H20ClN3O2/c1-9-4-5-11(13(15)17-9)20-8-12(19)18-14(2)6-10(7-14)16-3/h4-5,10,16H,6-8H2,1-3H3,(H,18,19). The molecule has 1 amide bonds. The van der Waals surface area contributed by atoms with E-state index in [1.165, 1.54) is 0 Å². The van der Waals surface area contributed by atoms with E-state index in [0.717, 1.165) is 18.5 Å². The summed E-state index contributed by atoms with van der Waals surface area (Å²) in [6, 6.07) is 4.00. The molecule has 2 rings (SSSR count). The summed E-state index contributed by atoms with van der Waals surface area (Å²) in [7, 11) is 1.93. The number of hydrogen-bond acceptors (Lipinski definition) is 4. The molecule has 1 aromatic heterocycles. The summed E-state index contributed by atoms with van der Waals surface area (Å²) in [6.45, 7) is 3.83. The minimum absolute atomic E-state index is 0.0513. The number of hydrogen-bond donors (Lipinski definition) is 2. The summed E-state index contributed by atoms with van der Waals surface area (Å²) in [6.07, 6.45) is 1.87. The van der Waals surface area contributed by atoms with Gasteiger partial charge in [-0.1, -0.05) is 11.6 Å². The van der Waals surface area contributed by atoms with Crippen molar-refractivity contribution in [1.29, 1.82) is 0 Å². The third kappa shape index (κ3) is 3.61. The molecule has 0 radical (unpaired) electrons. The molecule has 0 unspecified atom stereocenters. The third-order valence-electron chi connectivity index (χ3n) is 3.56. The summed E-state index contributed by atoms with van der Waals surface area (Å²) in [4.78, 5) is 16.0. The maximum absolute atomic E-state index is 11.9. The monoisotopic (exact) mass is 297 g/mol. The number of nitrogens with zero attached hydrogens (tertiary/aromatic N) is 1. The van der Waals surface area contributed by atoms with Crippen molar-refractivity contribution >= 4 is 17.5 Å². The van der Waals surface area contributed by atoms with Crippen LogP contribution < -0.4 is 15.4 Å². The Morgan fingerprint density at radius 3 is 2.85 bits per heavy atom. The Morgan fingerprint density at radius 2 is 2.25 bits per heavy atom. The molecule has 0 bridgehead atoms. The van der Waals surface area contributed by atoms with E-state index in [0.29, 0.717) is 11.8 Å². The molecule has 6 heteroatoms. The smallest absolute Gasteiger partial charge is 0.258 e. The van der Waals surface area contributed by atoms with Gasteiger partial charge in [-0.15, -0.1) is 0 Å². The van der Waals surface area contributed by atoms with Gasteiger partial charge in [-0.25, -0.2) is 4.98 Å². The van der Waals surface area contributed by atoms with Crippen molar-refractivity contribution in [3.63, 3.8) is 0 Å². The van der Waals surface area contributed by atoms with E-state index in [2.05, 4.69) is 15.6 Å². The number of nitrogens with one attached hydrogen (secondary N) is 2. The molecule has 110 valence electrons. The Hall–Kier alpha value is -1.33. The number of rotatable bonds is 5. The van der Waals surface area contributed by atoms with Crippen molar-refractivity contribution in [3.05, 3.63) is 23.0 Å². The minimum Gasteiger partial charge on any atom is -0.481 e. The van der Waals surface area contributed by atoms with Crippen LogP contribution in [0.1, 0.15) is 25.5 Å². The lowest BCUT2D eigenvalue weighted by Crippen LogP contribution is -2.61. The highest BCUT2D eigenvalue weighted by Crippen LogP contribution is 2.31. The third-order valence-corrected chi connectivity index (χ3v) is 3.83. The molecule has 0 atom stereocenters. The van der Waals surface area contributed by atoms with Crippen LogP contribution in [0.3, 0.4) is 0 Å². The van der Waals surface area contributed by atoms with Crippen molar-refractivity contribution in [2.45, 2.75) is 38.3 Å². The Bertz CT molecular complexity index is 501. The van der Waals surface area contributed by atoms with Crippen LogP contribution in [0.2, 0.25) is 5.15 Å². The summed E-state index contributed by atoms with van der Waals surface area (Å²) in [5, 5.41) is 6.46. The Balaban J connectivity index is 1.81. The number of amides is 1. The quantitative estimate of drug-likeness (QED) is 0.812. The van der Waals surface area contributed by atoms with Gasteiger partial charge >= 0.3 is 0 Å². The number of carbonyl (C=O) groups is 1. The molecule has 1 saturated carbocycles. The van der Waals surface area contributed by atoms with E-state index in [1.54, 1.807) is 12.1 Å². The van der Waals surface area contributed by atoms with E-state index in [9.17, 15) is 4.79 Å². The van der Waals surface area contributed by atoms with Gasteiger partial charge in [-0.05, 0) is 45.9 Å². The molecule has 2 N–H and O–H groups in total. The first kappa shape index (κ1) is 15.1. The molecule has 0 aliphatic heterocycles. The van der Waals surface area contributed by atoms with Gasteiger partial charge in [0.2, 0.25) is 0 Å². The first-order chi connectivity index (χ1) is 9.42. The summed E-state index contributed by atoms with van der Waals surface area (Å²) in [5.41, 5.74) is 0.676. The number of ether oxygens (including phenoxy) is 1. The molecule has 1 aliphatic carbocycles. The maximum atomic E-state index is 11.9. The normalized spacial score (nSPS) is 24.9. The number of aryl methyl sites for hydroxylation is 1. The van der Waals surface area contributed by atoms with Crippen molar-refractivity contribution < 1.29 is 9.53 Å². The zero-order valence-electron chi connectivity index (χ0n) is 12.0. The highest BCUT2D eigenvalue weighted by Gasteiger charge is 2.40. The van der Waals surface area contributed by atoms with Crippen LogP contribution in [0.25, 0.3) is 0 Å². The molecule has 1 aromatic rings. The predicted octanol–water partition coefficient (Wildman–Crippen LogP) is 1.68. The van der Waals surface area contributed by atoms with E-state index >= 15 is 0 Å². The second-order valence-electron chi connectivity index (χ2n) is 5.53. The summed E-state index contributed by atoms with van der Waals surface area (Å²) in [5.74, 6) is 0.290. The van der Waals surface area contributed by atoms with Gasteiger partial charge in [0, 0.05) is 17.3 Å². The van der Waals surface area contributed by atoms with Gasteiger partial charge in [0.05, 0.1) is 0 Å². The van der Waals surface area contributed by atoms with Crippen LogP contribution in [0.5, 0.6) is 5.75 Å². The van der Waals surface area contributed by atoms with Gasteiger partial charge in [-0.2, -0.15) is 0 Å². The first-order valence-corrected chi connectivity index (χ1v) is 7.04. The fraction of sp³-hybridized carbons (Fsp3) is 0.571. The Labute approximate surface area is 124 Å². The van der Waals surface area contributed by atoms with E-state index in [1.807, 2.05) is 20.9 Å². The zero-order chi connectivity index (χ0) is 14.8. The molecule has 0 saturated heterocycles. The topological polar surface area (TPSA) is 63.2 Å². The molecular weight excluding hydrogens is 278 g/mol. The molecule has 1 heterocycles. The highest BCUT2D eigenvalue weighted by atomic mass is 35.5. The van der Waals surface area contributed by atoms with Crippen molar-refractivity contribution in [2.24, 2.45) is 0 Å². The van der Waals surface area contributed by atoms with Gasteiger partial charge in [-0.3, -0.25) is 4.79 Å². The average Bonchev–Trinajstić information content (AvgIpc) is 2.34. The molecule has 5 nitrogen and oxygen atoms in total. The van der Waals surface area contributed by atoms with Crippen LogP contribution in [-0.2, 0) is 4.79 Å². The van der Waals surface area contributed by atoms with E-state index in [-0.39, 0.29) is 23.2 Å². The molecule has 0 spiro atoms. The van der Waals surface area contributed by atoms with Gasteiger partial charge in [0.1, 0.15) is 0 Å². The van der Waals surface area contributed by atoms with Gasteiger partial charge < -0.3 is 15.4 Å². The second kappa shape index (κ2) is 5.97. The number of pyridine rings is 1.